The average Bonchev–Trinajstić information content (AvgIpc) is 3.23. The van der Waals surface area contributed by atoms with Gasteiger partial charge in [0.2, 0.25) is 11.4 Å². The van der Waals surface area contributed by atoms with Crippen LogP contribution in [0.3, 0.4) is 0 Å². The van der Waals surface area contributed by atoms with E-state index in [1.807, 2.05) is 0 Å². The molecule has 0 unspecified atom stereocenters. The van der Waals surface area contributed by atoms with Crippen molar-refractivity contribution in [2.45, 2.75) is 40.0 Å². The Morgan fingerprint density at radius 1 is 0.844 bits per heavy atom. The molecule has 158 valence electrons. The molecule has 0 saturated carbocycles. The highest BCUT2D eigenvalue weighted by molar-refractivity contribution is 6.10. The molecule has 1 aliphatic carbocycles. The van der Waals surface area contributed by atoms with Crippen LogP contribution in [0.2, 0.25) is 0 Å². The van der Waals surface area contributed by atoms with E-state index in [4.69, 9.17) is 9.40 Å². The molecule has 5 aromatic rings. The average molecular weight is 420 g/mol. The fraction of sp³-hybridized carbons (Fsp3) is 0.241. The Labute approximate surface area is 188 Å². The topological polar surface area (TPSA) is 29.9 Å². The number of nitrogens with zero attached hydrogens (tertiary/aromatic N) is 2. The third-order valence-corrected chi connectivity index (χ3v) is 7.32. The van der Waals surface area contributed by atoms with Gasteiger partial charge >= 0.3 is 0 Å². The number of hydrogen-bond acceptors (Lipinski definition) is 2. The Hall–Kier alpha value is -3.46. The van der Waals surface area contributed by atoms with Crippen molar-refractivity contribution in [3.8, 4) is 22.4 Å². The van der Waals surface area contributed by atoms with Crippen molar-refractivity contribution in [2.75, 3.05) is 0 Å². The Kier molecular flexibility index (Phi) is 3.78. The van der Waals surface area contributed by atoms with Gasteiger partial charge in [-0.05, 0) is 49.1 Å². The predicted molar refractivity (Wildman–Crippen MR) is 130 cm³/mol. The second kappa shape index (κ2) is 6.29. The number of rotatable bonds is 1. The number of furan rings is 1. The molecule has 3 heterocycles. The summed E-state index contributed by atoms with van der Waals surface area (Å²) in [4.78, 5) is 5.11. The lowest BCUT2D eigenvalue weighted by atomic mass is 9.85. The highest BCUT2D eigenvalue weighted by atomic mass is 16.3. The summed E-state index contributed by atoms with van der Waals surface area (Å²) in [5, 5.41) is 2.20. The maximum atomic E-state index is 6.54. The van der Waals surface area contributed by atoms with Gasteiger partial charge in [-0.25, -0.2) is 9.55 Å². The molecule has 0 aliphatic heterocycles. The lowest BCUT2D eigenvalue weighted by molar-refractivity contribution is -0.660. The molecule has 0 amide bonds. The minimum absolute atomic E-state index is 0.141. The minimum Gasteiger partial charge on any atom is -0.437 e. The highest BCUT2D eigenvalue weighted by Crippen LogP contribution is 2.49. The fourth-order valence-corrected chi connectivity index (χ4v) is 5.38. The zero-order valence-corrected chi connectivity index (χ0v) is 19.5. The maximum Gasteiger partial charge on any atom is 0.227 e. The Morgan fingerprint density at radius 2 is 1.62 bits per heavy atom. The molecule has 1 aliphatic rings. The van der Waals surface area contributed by atoms with Gasteiger partial charge in [0.15, 0.2) is 11.8 Å². The Morgan fingerprint density at radius 3 is 2.44 bits per heavy atom. The standard InChI is InChI=1S/C29H27N2O/c1-16-11-12-20-22-14-21-19-9-7-8-10-23(19)29(4,5)27(21)30-28(22)32-26(20)25(16)24-13-17(2)18(3)15-31(24)6/h7-15H,1-6H3/q+1. The number of pyridine rings is 2. The number of fused-ring (bicyclic) bond motifs is 6. The normalized spacial score (nSPS) is 14.2. The molecule has 0 atom stereocenters. The van der Waals surface area contributed by atoms with Crippen molar-refractivity contribution < 1.29 is 8.98 Å². The molecular weight excluding hydrogens is 392 g/mol. The van der Waals surface area contributed by atoms with E-state index in [0.717, 1.165) is 39.0 Å². The Balaban J connectivity index is 1.70. The van der Waals surface area contributed by atoms with Crippen LogP contribution < -0.4 is 4.57 Å². The zero-order valence-electron chi connectivity index (χ0n) is 19.5. The van der Waals surface area contributed by atoms with Gasteiger partial charge in [0.05, 0.1) is 11.3 Å². The first-order valence-corrected chi connectivity index (χ1v) is 11.2. The first kappa shape index (κ1) is 19.2. The van der Waals surface area contributed by atoms with E-state index in [2.05, 4.69) is 101 Å². The smallest absolute Gasteiger partial charge is 0.227 e. The van der Waals surface area contributed by atoms with Crippen LogP contribution in [0.15, 0.2) is 59.1 Å². The molecule has 6 rings (SSSR count). The van der Waals surface area contributed by atoms with Gasteiger partial charge in [0.25, 0.3) is 0 Å². The van der Waals surface area contributed by atoms with Crippen molar-refractivity contribution in [2.24, 2.45) is 7.05 Å². The van der Waals surface area contributed by atoms with Gasteiger partial charge in [-0.15, -0.1) is 0 Å². The van der Waals surface area contributed by atoms with Crippen LogP contribution >= 0.6 is 0 Å². The maximum absolute atomic E-state index is 6.54. The van der Waals surface area contributed by atoms with Crippen molar-refractivity contribution in [1.29, 1.82) is 0 Å². The highest BCUT2D eigenvalue weighted by Gasteiger charge is 2.37. The summed E-state index contributed by atoms with van der Waals surface area (Å²) in [7, 11) is 2.11. The van der Waals surface area contributed by atoms with Crippen LogP contribution in [0.4, 0.5) is 0 Å². The quantitative estimate of drug-likeness (QED) is 0.283. The zero-order chi connectivity index (χ0) is 22.4. The van der Waals surface area contributed by atoms with E-state index in [9.17, 15) is 0 Å². The monoisotopic (exact) mass is 419 g/mol. The fourth-order valence-electron chi connectivity index (χ4n) is 5.38. The molecule has 0 radical (unpaired) electrons. The van der Waals surface area contributed by atoms with Crippen LogP contribution in [-0.2, 0) is 12.5 Å². The number of aryl methyl sites for hydroxylation is 4. The van der Waals surface area contributed by atoms with Crippen LogP contribution in [-0.4, -0.2) is 4.98 Å². The molecule has 0 N–H and O–H groups in total. The summed E-state index contributed by atoms with van der Waals surface area (Å²) in [6, 6.07) is 17.6. The van der Waals surface area contributed by atoms with E-state index in [0.29, 0.717) is 0 Å². The second-order valence-electron chi connectivity index (χ2n) is 9.78. The summed E-state index contributed by atoms with van der Waals surface area (Å²) >= 11 is 0. The molecule has 0 bridgehead atoms. The molecule has 32 heavy (non-hydrogen) atoms. The molecule has 3 aromatic heterocycles. The van der Waals surface area contributed by atoms with Gasteiger partial charge in [-0.1, -0.05) is 50.2 Å². The molecular formula is C29H27N2O+. The van der Waals surface area contributed by atoms with Gasteiger partial charge in [-0.3, -0.25) is 0 Å². The largest absolute Gasteiger partial charge is 0.437 e. The SMILES string of the molecule is Cc1cc(-c2c(C)ccc3c2oc2nc4c(cc23)-c2ccccc2C4(C)C)[n+](C)cc1C. The summed E-state index contributed by atoms with van der Waals surface area (Å²) < 4.78 is 8.74. The van der Waals surface area contributed by atoms with Crippen molar-refractivity contribution >= 4 is 22.1 Å². The summed E-state index contributed by atoms with van der Waals surface area (Å²) in [6.07, 6.45) is 2.19. The summed E-state index contributed by atoms with van der Waals surface area (Å²) in [5.74, 6) is 0. The number of hydrogen-bond donors (Lipinski definition) is 0. The lowest BCUT2D eigenvalue weighted by Crippen LogP contribution is -2.31. The van der Waals surface area contributed by atoms with Gasteiger partial charge in [0.1, 0.15) is 7.05 Å². The lowest BCUT2D eigenvalue weighted by Gasteiger charge is -2.19. The minimum atomic E-state index is -0.141. The van der Waals surface area contributed by atoms with Crippen LogP contribution in [0.5, 0.6) is 0 Å². The van der Waals surface area contributed by atoms with Crippen molar-refractivity contribution in [3.05, 3.63) is 82.7 Å². The molecule has 3 heteroatoms. The molecule has 2 aromatic carbocycles. The molecule has 0 fully saturated rings. The molecule has 3 nitrogen and oxygen atoms in total. The van der Waals surface area contributed by atoms with Crippen LogP contribution in [0, 0.1) is 20.8 Å². The number of aromatic nitrogens is 2. The van der Waals surface area contributed by atoms with Gasteiger partial charge < -0.3 is 4.42 Å². The summed E-state index contributed by atoms with van der Waals surface area (Å²) in [6.45, 7) is 11.0. The summed E-state index contributed by atoms with van der Waals surface area (Å²) in [5.41, 5.74) is 12.5. The molecule has 0 saturated heterocycles. The van der Waals surface area contributed by atoms with E-state index in [1.165, 1.54) is 33.4 Å². The van der Waals surface area contributed by atoms with Crippen LogP contribution in [0.1, 0.15) is 41.8 Å². The van der Waals surface area contributed by atoms with Gasteiger partial charge in [-0.2, -0.15) is 0 Å². The predicted octanol–water partition coefficient (Wildman–Crippen LogP) is 6.70. The first-order chi connectivity index (χ1) is 15.3. The van der Waals surface area contributed by atoms with E-state index < -0.39 is 0 Å². The second-order valence-corrected chi connectivity index (χ2v) is 9.78. The van der Waals surface area contributed by atoms with Crippen molar-refractivity contribution in [3.63, 3.8) is 0 Å². The van der Waals surface area contributed by atoms with Gasteiger partial charge in [0, 0.05) is 33.4 Å². The third kappa shape index (κ3) is 2.42. The van der Waals surface area contributed by atoms with Crippen molar-refractivity contribution in [1.82, 2.24) is 4.98 Å². The van der Waals surface area contributed by atoms with E-state index in [1.54, 1.807) is 0 Å². The molecule has 0 spiro atoms. The van der Waals surface area contributed by atoms with Crippen LogP contribution in [0.25, 0.3) is 44.5 Å². The van der Waals surface area contributed by atoms with E-state index >= 15 is 0 Å². The number of benzene rings is 2. The van der Waals surface area contributed by atoms with E-state index in [-0.39, 0.29) is 5.41 Å². The first-order valence-electron chi connectivity index (χ1n) is 11.2. The third-order valence-electron chi connectivity index (χ3n) is 7.32. The Bertz CT molecular complexity index is 1590.